The summed E-state index contributed by atoms with van der Waals surface area (Å²) in [6.45, 7) is 1.73. The van der Waals surface area contributed by atoms with Crippen molar-refractivity contribution in [2.75, 3.05) is 10.6 Å². The summed E-state index contributed by atoms with van der Waals surface area (Å²) in [6, 6.07) is 16.2. The highest BCUT2D eigenvalue weighted by Gasteiger charge is 2.67. The van der Waals surface area contributed by atoms with Crippen molar-refractivity contribution in [3.8, 4) is 0 Å². The summed E-state index contributed by atoms with van der Waals surface area (Å²) in [7, 11) is 0. The lowest BCUT2D eigenvalue weighted by Crippen LogP contribution is -2.18. The summed E-state index contributed by atoms with van der Waals surface area (Å²) < 4.78 is 12.1. The van der Waals surface area contributed by atoms with Gasteiger partial charge in [0.05, 0.1) is 21.5 Å². The molecule has 1 saturated carbocycles. The number of anilines is 2. The molecule has 1 aliphatic carbocycles. The van der Waals surface area contributed by atoms with Gasteiger partial charge in [-0.1, -0.05) is 47.5 Å². The maximum Gasteiger partial charge on any atom is 0.257 e. The molecular formula is C24H17Cl4FN2O2. The van der Waals surface area contributed by atoms with Crippen molar-refractivity contribution in [3.63, 3.8) is 0 Å². The van der Waals surface area contributed by atoms with E-state index in [-0.39, 0.29) is 15.6 Å². The van der Waals surface area contributed by atoms with E-state index in [9.17, 15) is 14.0 Å². The molecule has 1 fully saturated rings. The Hall–Kier alpha value is -2.31. The van der Waals surface area contributed by atoms with Gasteiger partial charge in [-0.3, -0.25) is 9.59 Å². The number of para-hydroxylation sites is 1. The van der Waals surface area contributed by atoms with Crippen molar-refractivity contribution < 1.29 is 14.0 Å². The number of hydrogen-bond donors (Lipinski definition) is 2. The first-order valence-corrected chi connectivity index (χ1v) is 11.4. The Morgan fingerprint density at radius 3 is 2.30 bits per heavy atom. The van der Waals surface area contributed by atoms with Gasteiger partial charge in [0.25, 0.3) is 5.91 Å². The predicted octanol–water partition coefficient (Wildman–Crippen LogP) is 7.22. The van der Waals surface area contributed by atoms with Crippen LogP contribution in [0, 0.1) is 18.7 Å². The number of aryl methyl sites for hydroxylation is 1. The van der Waals surface area contributed by atoms with Crippen LogP contribution in [0.5, 0.6) is 0 Å². The zero-order valence-corrected chi connectivity index (χ0v) is 20.2. The van der Waals surface area contributed by atoms with Crippen LogP contribution in [-0.2, 0) is 4.79 Å². The van der Waals surface area contributed by atoms with Crippen LogP contribution in [0.25, 0.3) is 0 Å². The quantitative estimate of drug-likeness (QED) is 0.345. The molecule has 0 saturated heterocycles. The number of benzene rings is 3. The van der Waals surface area contributed by atoms with Gasteiger partial charge in [0.15, 0.2) is 0 Å². The SMILES string of the molecule is Cc1cc(NC(=O)[C@H]2[C@H](c3ccc(F)c(Cl)c3)C2(Cl)Cl)cc(C(=O)Nc2ccccc2)c1Cl. The minimum absolute atomic E-state index is 0.0786. The number of alkyl halides is 2. The normalized spacial score (nSPS) is 18.5. The maximum atomic E-state index is 13.5. The third kappa shape index (κ3) is 4.82. The van der Waals surface area contributed by atoms with Gasteiger partial charge in [-0.15, -0.1) is 23.2 Å². The Kier molecular flexibility index (Phi) is 6.61. The van der Waals surface area contributed by atoms with Gasteiger partial charge in [0.1, 0.15) is 10.2 Å². The van der Waals surface area contributed by atoms with Crippen LogP contribution in [0.15, 0.2) is 60.7 Å². The lowest BCUT2D eigenvalue weighted by atomic mass is 10.1. The zero-order valence-electron chi connectivity index (χ0n) is 17.1. The number of carbonyl (C=O) groups excluding carboxylic acids is 2. The molecule has 0 unspecified atom stereocenters. The van der Waals surface area contributed by atoms with E-state index in [1.165, 1.54) is 24.3 Å². The fourth-order valence-electron chi connectivity index (χ4n) is 3.72. The second-order valence-electron chi connectivity index (χ2n) is 7.77. The number of hydrogen-bond acceptors (Lipinski definition) is 2. The maximum absolute atomic E-state index is 13.5. The van der Waals surface area contributed by atoms with Crippen molar-refractivity contribution in [2.45, 2.75) is 17.2 Å². The molecule has 4 nitrogen and oxygen atoms in total. The second-order valence-corrected chi connectivity index (χ2v) is 10.00. The van der Waals surface area contributed by atoms with Gasteiger partial charge >= 0.3 is 0 Å². The Balaban J connectivity index is 1.54. The van der Waals surface area contributed by atoms with Crippen molar-refractivity contribution >= 4 is 69.6 Å². The smallest absolute Gasteiger partial charge is 0.257 e. The fourth-order valence-corrected chi connectivity index (χ4v) is 4.93. The first kappa shape index (κ1) is 23.8. The highest BCUT2D eigenvalue weighted by Crippen LogP contribution is 2.65. The highest BCUT2D eigenvalue weighted by molar-refractivity contribution is 6.53. The van der Waals surface area contributed by atoms with Crippen molar-refractivity contribution in [1.82, 2.24) is 0 Å². The third-order valence-electron chi connectivity index (χ3n) is 5.44. The van der Waals surface area contributed by atoms with Crippen LogP contribution in [0.3, 0.4) is 0 Å². The molecule has 2 amide bonds. The monoisotopic (exact) mass is 524 g/mol. The number of nitrogens with one attached hydrogen (secondary N) is 2. The topological polar surface area (TPSA) is 58.2 Å². The Bertz CT molecular complexity index is 1250. The number of halogens is 5. The van der Waals surface area contributed by atoms with Crippen molar-refractivity contribution in [3.05, 3.63) is 93.2 Å². The Labute approximate surface area is 210 Å². The van der Waals surface area contributed by atoms with Gasteiger partial charge in [0, 0.05) is 17.3 Å². The minimum atomic E-state index is -1.37. The van der Waals surface area contributed by atoms with Crippen LogP contribution in [0.1, 0.15) is 27.4 Å². The second kappa shape index (κ2) is 9.15. The molecule has 2 atom stereocenters. The summed E-state index contributed by atoms with van der Waals surface area (Å²) in [5.74, 6) is -2.79. The van der Waals surface area contributed by atoms with E-state index in [2.05, 4.69) is 10.6 Å². The summed E-state index contributed by atoms with van der Waals surface area (Å²) in [5.41, 5.74) is 2.34. The van der Waals surface area contributed by atoms with Gasteiger partial charge in [0.2, 0.25) is 5.91 Å². The van der Waals surface area contributed by atoms with Gasteiger partial charge < -0.3 is 10.6 Å². The minimum Gasteiger partial charge on any atom is -0.326 e. The van der Waals surface area contributed by atoms with E-state index in [1.807, 2.05) is 6.07 Å². The van der Waals surface area contributed by atoms with Crippen LogP contribution in [0.4, 0.5) is 15.8 Å². The van der Waals surface area contributed by atoms with Crippen LogP contribution in [0.2, 0.25) is 10.0 Å². The molecule has 1 aliphatic rings. The van der Waals surface area contributed by atoms with Crippen molar-refractivity contribution in [1.29, 1.82) is 0 Å². The van der Waals surface area contributed by atoms with E-state index < -0.39 is 33.8 Å². The molecule has 9 heteroatoms. The van der Waals surface area contributed by atoms with Crippen LogP contribution >= 0.6 is 46.4 Å². The van der Waals surface area contributed by atoms with Crippen LogP contribution in [-0.4, -0.2) is 16.1 Å². The van der Waals surface area contributed by atoms with E-state index >= 15 is 0 Å². The summed E-state index contributed by atoms with van der Waals surface area (Å²) in [4.78, 5) is 25.8. The number of amides is 2. The van der Waals surface area contributed by atoms with E-state index in [4.69, 9.17) is 46.4 Å². The highest BCUT2D eigenvalue weighted by atomic mass is 35.5. The predicted molar refractivity (Wildman–Crippen MR) is 131 cm³/mol. The molecule has 0 heterocycles. The number of rotatable bonds is 5. The van der Waals surface area contributed by atoms with Gasteiger partial charge in [-0.25, -0.2) is 4.39 Å². The molecule has 0 spiro atoms. The van der Waals surface area contributed by atoms with E-state index in [0.717, 1.165) is 0 Å². The standard InChI is InChI=1S/C24H17Cl4FN2O2/c1-12-9-15(11-16(21(12)26)22(32)30-14-5-3-2-4-6-14)31-23(33)20-19(24(20,27)28)13-7-8-18(29)17(25)10-13/h2-11,19-20H,1H3,(H,30,32)(H,31,33)/t19-,20+/m0/s1. The third-order valence-corrected chi connectivity index (χ3v) is 7.17. The largest absolute Gasteiger partial charge is 0.326 e. The molecule has 33 heavy (non-hydrogen) atoms. The summed E-state index contributed by atoms with van der Waals surface area (Å²) in [6.07, 6.45) is 0. The molecule has 4 rings (SSSR count). The van der Waals surface area contributed by atoms with Crippen LogP contribution < -0.4 is 10.6 Å². The first-order valence-electron chi connectivity index (χ1n) is 9.89. The average Bonchev–Trinajstić information content (AvgIpc) is 3.35. The molecule has 3 aromatic carbocycles. The molecule has 0 aliphatic heterocycles. The summed E-state index contributed by atoms with van der Waals surface area (Å²) in [5, 5.41) is 5.73. The first-order chi connectivity index (χ1) is 15.6. The zero-order chi connectivity index (χ0) is 23.9. The van der Waals surface area contributed by atoms with Gasteiger partial charge in [-0.05, 0) is 54.4 Å². The lowest BCUT2D eigenvalue weighted by Gasteiger charge is -2.12. The van der Waals surface area contributed by atoms with E-state index in [0.29, 0.717) is 22.5 Å². The molecule has 170 valence electrons. The molecule has 0 bridgehead atoms. The molecule has 2 N–H and O–H groups in total. The Morgan fingerprint density at radius 2 is 1.64 bits per heavy atom. The van der Waals surface area contributed by atoms with E-state index in [1.54, 1.807) is 37.3 Å². The molecule has 0 aromatic heterocycles. The van der Waals surface area contributed by atoms with Crippen molar-refractivity contribution in [2.24, 2.45) is 5.92 Å². The number of carbonyl (C=O) groups is 2. The average molecular weight is 526 g/mol. The van der Waals surface area contributed by atoms with Gasteiger partial charge in [-0.2, -0.15) is 0 Å². The summed E-state index contributed by atoms with van der Waals surface area (Å²) >= 11 is 25.0. The molecular weight excluding hydrogens is 509 g/mol. The Morgan fingerprint density at radius 1 is 0.939 bits per heavy atom. The fraction of sp³-hybridized carbons (Fsp3) is 0.167. The lowest BCUT2D eigenvalue weighted by molar-refractivity contribution is -0.117. The molecule has 0 radical (unpaired) electrons. The molecule has 3 aromatic rings.